The van der Waals surface area contributed by atoms with Crippen LogP contribution >= 0.6 is 0 Å². The van der Waals surface area contributed by atoms with Gasteiger partial charge < -0.3 is 19.7 Å². The Bertz CT molecular complexity index is 1230. The van der Waals surface area contributed by atoms with Crippen LogP contribution in [-0.4, -0.2) is 47.9 Å². The van der Waals surface area contributed by atoms with Crippen LogP contribution < -0.4 is 14.8 Å². The van der Waals surface area contributed by atoms with Gasteiger partial charge in [-0.25, -0.2) is 0 Å². The molecule has 9 heteroatoms. The number of ether oxygens (including phenoxy) is 2. The molecule has 0 radical (unpaired) electrons. The summed E-state index contributed by atoms with van der Waals surface area (Å²) < 4.78 is 10.8. The van der Waals surface area contributed by atoms with Crippen LogP contribution in [0.1, 0.15) is 23.6 Å². The van der Waals surface area contributed by atoms with Gasteiger partial charge in [0, 0.05) is 31.6 Å². The zero-order valence-electron chi connectivity index (χ0n) is 21.2. The van der Waals surface area contributed by atoms with Crippen LogP contribution in [-0.2, 0) is 22.6 Å². The zero-order chi connectivity index (χ0) is 26.8. The number of amides is 2. The van der Waals surface area contributed by atoms with Crippen LogP contribution in [0.25, 0.3) is 0 Å². The molecule has 194 valence electrons. The van der Waals surface area contributed by atoms with E-state index < -0.39 is 16.9 Å². The molecule has 1 N–H and O–H groups in total. The van der Waals surface area contributed by atoms with Crippen molar-refractivity contribution in [2.24, 2.45) is 0 Å². The molecule has 9 nitrogen and oxygen atoms in total. The summed E-state index contributed by atoms with van der Waals surface area (Å²) in [6.45, 7) is 4.07. The Morgan fingerprint density at radius 1 is 1.03 bits per heavy atom. The number of likely N-dealkylation sites (N-methyl/N-ethyl adjacent to an activating group) is 1. The van der Waals surface area contributed by atoms with Crippen molar-refractivity contribution in [3.63, 3.8) is 0 Å². The van der Waals surface area contributed by atoms with E-state index in [1.165, 1.54) is 30.2 Å². The average molecular weight is 506 g/mol. The minimum atomic E-state index is -0.773. The van der Waals surface area contributed by atoms with Gasteiger partial charge in [0.05, 0.1) is 12.0 Å². The van der Waals surface area contributed by atoms with Crippen LogP contribution in [0, 0.1) is 17.0 Å². The first-order chi connectivity index (χ1) is 17.8. The summed E-state index contributed by atoms with van der Waals surface area (Å²) in [5, 5.41) is 14.0. The van der Waals surface area contributed by atoms with Crippen LogP contribution in [0.4, 0.5) is 5.69 Å². The Balaban J connectivity index is 1.89. The van der Waals surface area contributed by atoms with E-state index in [1.807, 2.05) is 68.4 Å². The number of nitro benzene ring substituents is 1. The first kappa shape index (κ1) is 27.2. The molecule has 0 aliphatic carbocycles. The van der Waals surface area contributed by atoms with Crippen LogP contribution in [0.3, 0.4) is 0 Å². The lowest BCUT2D eigenvalue weighted by atomic mass is 10.0. The van der Waals surface area contributed by atoms with Gasteiger partial charge in [-0.2, -0.15) is 0 Å². The molecule has 0 spiro atoms. The van der Waals surface area contributed by atoms with Gasteiger partial charge in [0.15, 0.2) is 6.61 Å². The number of nitrogens with zero attached hydrogens (tertiary/aromatic N) is 2. The van der Waals surface area contributed by atoms with E-state index in [0.717, 1.165) is 16.7 Å². The van der Waals surface area contributed by atoms with Gasteiger partial charge in [0.2, 0.25) is 11.7 Å². The Morgan fingerprint density at radius 3 is 2.41 bits per heavy atom. The minimum Gasteiger partial charge on any atom is -0.490 e. The fraction of sp³-hybridized carbons (Fsp3) is 0.286. The maximum atomic E-state index is 13.6. The lowest BCUT2D eigenvalue weighted by Gasteiger charge is -2.31. The smallest absolute Gasteiger partial charge is 0.311 e. The van der Waals surface area contributed by atoms with E-state index >= 15 is 0 Å². The number of carbonyl (C=O) groups is 2. The molecule has 0 bridgehead atoms. The maximum Gasteiger partial charge on any atom is 0.311 e. The number of nitrogens with one attached hydrogen (secondary N) is 1. The normalized spacial score (nSPS) is 11.3. The Labute approximate surface area is 216 Å². The Morgan fingerprint density at radius 2 is 1.76 bits per heavy atom. The molecule has 3 rings (SSSR count). The zero-order valence-corrected chi connectivity index (χ0v) is 21.2. The standard InChI is InChI=1S/C28H31N3O6/c1-4-29-28(33)25(16-21-10-6-5-7-11-21)30(18-22-12-8-9-20(2)15-22)27(32)19-37-23-13-14-24(31(34)35)26(17-23)36-3/h5-15,17,25H,4,16,18-19H2,1-3H3,(H,29,33). The highest BCUT2D eigenvalue weighted by atomic mass is 16.6. The molecule has 0 aliphatic rings. The van der Waals surface area contributed by atoms with Crippen molar-refractivity contribution in [3.8, 4) is 11.5 Å². The van der Waals surface area contributed by atoms with Gasteiger partial charge in [-0.15, -0.1) is 0 Å². The third kappa shape index (κ3) is 7.54. The number of hydrogen-bond acceptors (Lipinski definition) is 6. The summed E-state index contributed by atoms with van der Waals surface area (Å²) in [6, 6.07) is 20.5. The van der Waals surface area contributed by atoms with Gasteiger partial charge in [-0.3, -0.25) is 19.7 Å². The summed E-state index contributed by atoms with van der Waals surface area (Å²) in [6.07, 6.45) is 0.329. The highest BCUT2D eigenvalue weighted by Crippen LogP contribution is 2.30. The van der Waals surface area contributed by atoms with Gasteiger partial charge in [-0.05, 0) is 31.0 Å². The van der Waals surface area contributed by atoms with E-state index in [2.05, 4.69) is 5.32 Å². The van der Waals surface area contributed by atoms with Crippen LogP contribution in [0.5, 0.6) is 11.5 Å². The number of nitro groups is 1. The molecule has 0 aliphatic heterocycles. The van der Waals surface area contributed by atoms with E-state index in [9.17, 15) is 19.7 Å². The largest absolute Gasteiger partial charge is 0.490 e. The molecule has 1 atom stereocenters. The Hall–Kier alpha value is -4.40. The third-order valence-corrected chi connectivity index (χ3v) is 5.77. The first-order valence-corrected chi connectivity index (χ1v) is 11.9. The summed E-state index contributed by atoms with van der Waals surface area (Å²) in [5.74, 6) is -0.393. The molecule has 1 unspecified atom stereocenters. The van der Waals surface area contributed by atoms with Crippen LogP contribution in [0.15, 0.2) is 72.8 Å². The fourth-order valence-corrected chi connectivity index (χ4v) is 3.98. The molecule has 0 heterocycles. The number of benzene rings is 3. The average Bonchev–Trinajstić information content (AvgIpc) is 2.89. The molecule has 3 aromatic rings. The number of aryl methyl sites for hydroxylation is 1. The lowest BCUT2D eigenvalue weighted by molar-refractivity contribution is -0.385. The maximum absolute atomic E-state index is 13.6. The molecule has 3 aromatic carbocycles. The van der Waals surface area contributed by atoms with E-state index in [1.54, 1.807) is 0 Å². The van der Waals surface area contributed by atoms with Crippen molar-refractivity contribution in [3.05, 3.63) is 99.6 Å². The molecule has 0 saturated heterocycles. The van der Waals surface area contributed by atoms with Crippen molar-refractivity contribution >= 4 is 17.5 Å². The van der Waals surface area contributed by atoms with E-state index in [0.29, 0.717) is 13.0 Å². The highest BCUT2D eigenvalue weighted by Gasteiger charge is 2.30. The van der Waals surface area contributed by atoms with Gasteiger partial charge in [0.1, 0.15) is 11.8 Å². The number of carbonyl (C=O) groups excluding carboxylic acids is 2. The molecule has 2 amide bonds. The van der Waals surface area contributed by atoms with Crippen molar-refractivity contribution in [1.29, 1.82) is 0 Å². The lowest BCUT2D eigenvalue weighted by Crippen LogP contribution is -2.51. The third-order valence-electron chi connectivity index (χ3n) is 5.77. The summed E-state index contributed by atoms with van der Waals surface area (Å²) in [7, 11) is 1.32. The topological polar surface area (TPSA) is 111 Å². The molecule has 0 aromatic heterocycles. The second kappa shape index (κ2) is 13.1. The van der Waals surface area contributed by atoms with Crippen molar-refractivity contribution < 1.29 is 24.0 Å². The summed E-state index contributed by atoms with van der Waals surface area (Å²) >= 11 is 0. The van der Waals surface area contributed by atoms with Crippen molar-refractivity contribution in [2.75, 3.05) is 20.3 Å². The highest BCUT2D eigenvalue weighted by molar-refractivity contribution is 5.88. The summed E-state index contributed by atoms with van der Waals surface area (Å²) in [4.78, 5) is 38.9. The predicted octanol–water partition coefficient (Wildman–Crippen LogP) is 4.07. The predicted molar refractivity (Wildman–Crippen MR) is 139 cm³/mol. The first-order valence-electron chi connectivity index (χ1n) is 11.9. The quantitative estimate of drug-likeness (QED) is 0.293. The second-order valence-electron chi connectivity index (χ2n) is 8.49. The Kier molecular flexibility index (Phi) is 9.60. The fourth-order valence-electron chi connectivity index (χ4n) is 3.98. The van der Waals surface area contributed by atoms with Crippen molar-refractivity contribution in [1.82, 2.24) is 10.2 Å². The molecule has 0 saturated carbocycles. The number of hydrogen-bond donors (Lipinski definition) is 1. The van der Waals surface area contributed by atoms with E-state index in [-0.39, 0.29) is 36.2 Å². The minimum absolute atomic E-state index is 0.0239. The molecule has 0 fully saturated rings. The number of rotatable bonds is 12. The molecule has 37 heavy (non-hydrogen) atoms. The van der Waals surface area contributed by atoms with Gasteiger partial charge >= 0.3 is 5.69 Å². The summed E-state index contributed by atoms with van der Waals surface area (Å²) in [5.41, 5.74) is 2.63. The van der Waals surface area contributed by atoms with Gasteiger partial charge in [0.25, 0.3) is 5.91 Å². The SMILES string of the molecule is CCNC(=O)C(Cc1ccccc1)N(Cc1cccc(C)c1)C(=O)COc1ccc([N+](=O)[O-])c(OC)c1. The monoisotopic (exact) mass is 505 g/mol. The van der Waals surface area contributed by atoms with E-state index in [4.69, 9.17) is 9.47 Å². The number of methoxy groups -OCH3 is 1. The molecular weight excluding hydrogens is 474 g/mol. The van der Waals surface area contributed by atoms with Gasteiger partial charge in [-0.1, -0.05) is 60.2 Å². The molecular formula is C28H31N3O6. The van der Waals surface area contributed by atoms with Crippen LogP contribution in [0.2, 0.25) is 0 Å². The van der Waals surface area contributed by atoms with Crippen molar-refractivity contribution in [2.45, 2.75) is 32.9 Å². The second-order valence-corrected chi connectivity index (χ2v) is 8.49.